The molecule has 0 bridgehead atoms. The molecule has 1 heterocycles. The van der Waals surface area contributed by atoms with E-state index in [9.17, 15) is 4.79 Å². The smallest absolute Gasteiger partial charge is 0.271 e. The topological polar surface area (TPSA) is 46.4 Å². The van der Waals surface area contributed by atoms with Crippen LogP contribution in [0.1, 0.15) is 27.2 Å². The van der Waals surface area contributed by atoms with Crippen molar-refractivity contribution in [2.75, 3.05) is 0 Å². The molecular weight excluding hydrogens is 310 g/mol. The molecule has 4 nitrogen and oxygen atoms in total. The minimum absolute atomic E-state index is 0.207. The van der Waals surface area contributed by atoms with Gasteiger partial charge in [0, 0.05) is 34.3 Å². The van der Waals surface area contributed by atoms with Gasteiger partial charge in [-0.3, -0.25) is 4.79 Å². The highest BCUT2D eigenvalue weighted by molar-refractivity contribution is 6.02. The third-order valence-electron chi connectivity index (χ3n) is 4.34. The summed E-state index contributed by atoms with van der Waals surface area (Å²) in [5, 5.41) is 5.29. The van der Waals surface area contributed by atoms with Gasteiger partial charge in [-0.15, -0.1) is 6.58 Å². The number of carbonyl (C=O) groups excluding carboxylic acids is 1. The molecule has 0 fully saturated rings. The van der Waals surface area contributed by atoms with Gasteiger partial charge >= 0.3 is 0 Å². The lowest BCUT2D eigenvalue weighted by Crippen LogP contribution is -2.18. The number of rotatable bonds is 5. The molecule has 0 saturated heterocycles. The van der Waals surface area contributed by atoms with E-state index in [1.54, 1.807) is 12.3 Å². The molecule has 126 valence electrons. The van der Waals surface area contributed by atoms with Gasteiger partial charge in [-0.1, -0.05) is 42.5 Å². The van der Waals surface area contributed by atoms with E-state index in [-0.39, 0.29) is 5.91 Å². The van der Waals surface area contributed by atoms with E-state index in [0.717, 1.165) is 34.3 Å². The van der Waals surface area contributed by atoms with E-state index in [0.29, 0.717) is 5.56 Å². The number of hydrogen-bond donors (Lipinski definition) is 1. The Labute approximate surface area is 147 Å². The van der Waals surface area contributed by atoms with Crippen LogP contribution in [0.15, 0.2) is 66.3 Å². The Hall–Kier alpha value is -3.14. The predicted octanol–water partition coefficient (Wildman–Crippen LogP) is 4.21. The van der Waals surface area contributed by atoms with Crippen LogP contribution in [-0.2, 0) is 6.54 Å². The van der Waals surface area contributed by atoms with Crippen molar-refractivity contribution in [1.29, 1.82) is 0 Å². The number of hydrogen-bond acceptors (Lipinski definition) is 2. The summed E-state index contributed by atoms with van der Waals surface area (Å²) in [4.78, 5) is 12.3. The molecule has 0 atom stereocenters. The van der Waals surface area contributed by atoms with Crippen molar-refractivity contribution in [2.45, 2.75) is 20.4 Å². The zero-order valence-corrected chi connectivity index (χ0v) is 14.5. The van der Waals surface area contributed by atoms with Gasteiger partial charge in [0.05, 0.1) is 6.21 Å². The minimum Gasteiger partial charge on any atom is -0.340 e. The largest absolute Gasteiger partial charge is 0.340 e. The first-order valence-corrected chi connectivity index (χ1v) is 8.21. The summed E-state index contributed by atoms with van der Waals surface area (Å²) in [6, 6.07) is 15.6. The number of allylic oxidation sites excluding steroid dienone is 1. The van der Waals surface area contributed by atoms with Crippen LogP contribution in [0.5, 0.6) is 0 Å². The molecule has 0 spiro atoms. The van der Waals surface area contributed by atoms with Crippen LogP contribution < -0.4 is 5.43 Å². The fraction of sp³-hybridized carbons (Fsp3) is 0.143. The molecule has 25 heavy (non-hydrogen) atoms. The van der Waals surface area contributed by atoms with Gasteiger partial charge in [-0.25, -0.2) is 5.43 Å². The molecule has 1 N–H and O–H groups in total. The van der Waals surface area contributed by atoms with Crippen molar-refractivity contribution in [2.24, 2.45) is 5.10 Å². The molecule has 0 unspecified atom stereocenters. The average molecular weight is 331 g/mol. The summed E-state index contributed by atoms with van der Waals surface area (Å²) in [7, 11) is 0. The average Bonchev–Trinajstić information content (AvgIpc) is 2.88. The number of fused-ring (bicyclic) bond motifs is 1. The maximum Gasteiger partial charge on any atom is 0.271 e. The van der Waals surface area contributed by atoms with Gasteiger partial charge in [0.25, 0.3) is 5.91 Å². The fourth-order valence-electron chi connectivity index (χ4n) is 3.03. The lowest BCUT2D eigenvalue weighted by atomic mass is 10.1. The van der Waals surface area contributed by atoms with Gasteiger partial charge < -0.3 is 4.57 Å². The SMILES string of the molecule is C=CCn1c(C)c(/C=N\NC(=O)c2ccccc2C)c2ccccc21. The third-order valence-corrected chi connectivity index (χ3v) is 4.34. The number of carbonyl (C=O) groups is 1. The number of aromatic nitrogens is 1. The van der Waals surface area contributed by atoms with Crippen LogP contribution in [0.4, 0.5) is 0 Å². The second-order valence-electron chi connectivity index (χ2n) is 5.93. The maximum atomic E-state index is 12.3. The summed E-state index contributed by atoms with van der Waals surface area (Å²) in [5.74, 6) is -0.207. The first-order chi connectivity index (χ1) is 12.1. The zero-order chi connectivity index (χ0) is 17.8. The molecule has 0 radical (unpaired) electrons. The zero-order valence-electron chi connectivity index (χ0n) is 14.5. The molecular formula is C21H21N3O. The van der Waals surface area contributed by atoms with Crippen LogP contribution in [-0.4, -0.2) is 16.7 Å². The lowest BCUT2D eigenvalue weighted by Gasteiger charge is -2.04. The highest BCUT2D eigenvalue weighted by Crippen LogP contribution is 2.24. The molecule has 0 saturated carbocycles. The Balaban J connectivity index is 1.89. The Morgan fingerprint density at radius 3 is 2.64 bits per heavy atom. The Kier molecular flexibility index (Phi) is 4.80. The quantitative estimate of drug-likeness (QED) is 0.425. The normalized spacial score (nSPS) is 11.1. The first-order valence-electron chi connectivity index (χ1n) is 8.21. The molecule has 1 amide bonds. The first kappa shape index (κ1) is 16.7. The molecule has 3 aromatic rings. The molecule has 3 rings (SSSR count). The number of aryl methyl sites for hydroxylation is 1. The Bertz CT molecular complexity index is 966. The van der Waals surface area contributed by atoms with Crippen molar-refractivity contribution in [3.63, 3.8) is 0 Å². The van der Waals surface area contributed by atoms with Crippen molar-refractivity contribution in [3.8, 4) is 0 Å². The number of nitrogens with one attached hydrogen (secondary N) is 1. The second-order valence-corrected chi connectivity index (χ2v) is 5.93. The lowest BCUT2D eigenvalue weighted by molar-refractivity contribution is 0.0954. The molecule has 2 aromatic carbocycles. The van der Waals surface area contributed by atoms with Crippen molar-refractivity contribution < 1.29 is 4.79 Å². The molecule has 0 aliphatic rings. The summed E-state index contributed by atoms with van der Waals surface area (Å²) < 4.78 is 2.19. The van der Waals surface area contributed by atoms with Gasteiger partial charge in [0.15, 0.2) is 0 Å². The van der Waals surface area contributed by atoms with E-state index in [1.807, 2.05) is 50.3 Å². The highest BCUT2D eigenvalue weighted by Gasteiger charge is 2.11. The minimum atomic E-state index is -0.207. The van der Waals surface area contributed by atoms with Crippen LogP contribution in [0, 0.1) is 13.8 Å². The van der Waals surface area contributed by atoms with E-state index >= 15 is 0 Å². The van der Waals surface area contributed by atoms with E-state index in [2.05, 4.69) is 33.8 Å². The molecule has 4 heteroatoms. The number of para-hydroxylation sites is 1. The summed E-state index contributed by atoms with van der Waals surface area (Å²) in [6.07, 6.45) is 3.59. The van der Waals surface area contributed by atoms with Gasteiger partial charge in [-0.2, -0.15) is 5.10 Å². The fourth-order valence-corrected chi connectivity index (χ4v) is 3.03. The van der Waals surface area contributed by atoms with Gasteiger partial charge in [0.1, 0.15) is 0 Å². The molecule has 0 aliphatic heterocycles. The van der Waals surface area contributed by atoms with Crippen molar-refractivity contribution >= 4 is 23.0 Å². The second kappa shape index (κ2) is 7.18. The standard InChI is InChI=1S/C21H21N3O/c1-4-13-24-16(3)19(18-11-7-8-12-20(18)24)14-22-23-21(25)17-10-6-5-9-15(17)2/h4-12,14H,1,13H2,2-3H3,(H,23,25)/b22-14-. The Morgan fingerprint density at radius 2 is 1.88 bits per heavy atom. The third kappa shape index (κ3) is 3.24. The molecule has 1 aromatic heterocycles. The number of amides is 1. The van der Waals surface area contributed by atoms with Crippen LogP contribution in [0.25, 0.3) is 10.9 Å². The summed E-state index contributed by atoms with van der Waals surface area (Å²) in [5.41, 5.74) is 7.40. The maximum absolute atomic E-state index is 12.3. The number of benzene rings is 2. The van der Waals surface area contributed by atoms with Crippen molar-refractivity contribution in [1.82, 2.24) is 9.99 Å². The van der Waals surface area contributed by atoms with Gasteiger partial charge in [0.2, 0.25) is 0 Å². The molecule has 0 aliphatic carbocycles. The number of nitrogens with zero attached hydrogens (tertiary/aromatic N) is 2. The van der Waals surface area contributed by atoms with Crippen LogP contribution in [0.2, 0.25) is 0 Å². The Morgan fingerprint density at radius 1 is 1.16 bits per heavy atom. The van der Waals surface area contributed by atoms with E-state index in [1.165, 1.54) is 0 Å². The number of hydrazone groups is 1. The van der Waals surface area contributed by atoms with E-state index < -0.39 is 0 Å². The van der Waals surface area contributed by atoms with E-state index in [4.69, 9.17) is 0 Å². The van der Waals surface area contributed by atoms with Crippen LogP contribution >= 0.6 is 0 Å². The monoisotopic (exact) mass is 331 g/mol. The summed E-state index contributed by atoms with van der Waals surface area (Å²) in [6.45, 7) is 8.52. The predicted molar refractivity (Wildman–Crippen MR) is 103 cm³/mol. The van der Waals surface area contributed by atoms with Gasteiger partial charge in [-0.05, 0) is 31.5 Å². The summed E-state index contributed by atoms with van der Waals surface area (Å²) >= 11 is 0. The highest BCUT2D eigenvalue weighted by atomic mass is 16.2. The van der Waals surface area contributed by atoms with Crippen LogP contribution in [0.3, 0.4) is 0 Å². The van der Waals surface area contributed by atoms with Crippen molar-refractivity contribution in [3.05, 3.63) is 83.6 Å².